The average molecular weight is 302 g/mol. The Hall–Kier alpha value is -2.02. The van der Waals surface area contributed by atoms with Crippen molar-refractivity contribution >= 4 is 34.9 Å². The maximum absolute atomic E-state index is 11.5. The molecule has 0 radical (unpaired) electrons. The molecule has 2 aromatic rings. The highest BCUT2D eigenvalue weighted by Gasteiger charge is 1.94. The molecular formula is C16H12ClNOS. The molecule has 0 bridgehead atoms. The lowest BCUT2D eigenvalue weighted by atomic mass is 10.2. The molecule has 0 aliphatic heterocycles. The first kappa shape index (κ1) is 14.4. The van der Waals surface area contributed by atoms with Crippen LogP contribution in [0.4, 0.5) is 0 Å². The molecule has 0 aliphatic rings. The van der Waals surface area contributed by atoms with Crippen molar-refractivity contribution in [3.63, 3.8) is 0 Å². The molecule has 1 amide bonds. The molecule has 4 heteroatoms. The molecule has 0 unspecified atom stereocenters. The van der Waals surface area contributed by atoms with Crippen molar-refractivity contribution in [3.8, 4) is 11.8 Å². The van der Waals surface area contributed by atoms with Crippen LogP contribution in [-0.2, 0) is 4.79 Å². The second-order valence-electron chi connectivity index (χ2n) is 3.85. The first-order chi connectivity index (χ1) is 9.75. The number of hydrogen-bond donors (Lipinski definition) is 1. The summed E-state index contributed by atoms with van der Waals surface area (Å²) >= 11 is 7.56. The van der Waals surface area contributed by atoms with Gasteiger partial charge >= 0.3 is 0 Å². The molecule has 1 heterocycles. The monoisotopic (exact) mass is 301 g/mol. The predicted molar refractivity (Wildman–Crippen MR) is 84.7 cm³/mol. The molecule has 2 nitrogen and oxygen atoms in total. The maximum atomic E-state index is 11.5. The molecule has 0 aliphatic carbocycles. The van der Waals surface area contributed by atoms with Crippen LogP contribution in [0.5, 0.6) is 0 Å². The van der Waals surface area contributed by atoms with Gasteiger partial charge in [0.05, 0.1) is 11.6 Å². The van der Waals surface area contributed by atoms with E-state index in [2.05, 4.69) is 17.2 Å². The summed E-state index contributed by atoms with van der Waals surface area (Å²) in [4.78, 5) is 12.6. The van der Waals surface area contributed by atoms with Crippen molar-refractivity contribution in [3.05, 3.63) is 63.3 Å². The minimum absolute atomic E-state index is 0.160. The van der Waals surface area contributed by atoms with Crippen LogP contribution in [0.15, 0.2) is 47.9 Å². The highest BCUT2D eigenvalue weighted by molar-refractivity contribution is 7.10. The first-order valence-electron chi connectivity index (χ1n) is 5.98. The van der Waals surface area contributed by atoms with E-state index in [-0.39, 0.29) is 5.91 Å². The van der Waals surface area contributed by atoms with E-state index in [1.54, 1.807) is 23.5 Å². The Kier molecular flexibility index (Phi) is 5.43. The van der Waals surface area contributed by atoms with Gasteiger partial charge in [-0.3, -0.25) is 4.79 Å². The van der Waals surface area contributed by atoms with Crippen molar-refractivity contribution in [1.82, 2.24) is 5.32 Å². The average Bonchev–Trinajstić information content (AvgIpc) is 2.96. The summed E-state index contributed by atoms with van der Waals surface area (Å²) in [5.41, 5.74) is 0.762. The quantitative estimate of drug-likeness (QED) is 0.681. The Morgan fingerprint density at radius 2 is 2.15 bits per heavy atom. The summed E-state index contributed by atoms with van der Waals surface area (Å²) in [5, 5.41) is 5.28. The minimum atomic E-state index is -0.160. The molecule has 0 spiro atoms. The van der Waals surface area contributed by atoms with Gasteiger partial charge in [0.2, 0.25) is 5.91 Å². The number of rotatable bonds is 3. The van der Waals surface area contributed by atoms with Gasteiger partial charge in [-0.15, -0.1) is 11.3 Å². The van der Waals surface area contributed by atoms with Crippen LogP contribution in [0.2, 0.25) is 5.02 Å². The standard InChI is InChI=1S/C16H12ClNOS/c17-15-8-2-1-5-13(15)6-3-11-18-16(19)10-9-14-7-4-12-20-14/h1-2,4-5,7-10,12H,11H2,(H,18,19)/b10-9+. The topological polar surface area (TPSA) is 29.1 Å². The fourth-order valence-corrected chi connectivity index (χ4v) is 2.24. The van der Waals surface area contributed by atoms with E-state index in [0.717, 1.165) is 10.4 Å². The molecule has 1 aromatic heterocycles. The number of amides is 1. The molecule has 1 aromatic carbocycles. The summed E-state index contributed by atoms with van der Waals surface area (Å²) in [6.45, 7) is 0.291. The minimum Gasteiger partial charge on any atom is -0.342 e. The third-order valence-electron chi connectivity index (χ3n) is 2.39. The van der Waals surface area contributed by atoms with Gasteiger partial charge in [0.1, 0.15) is 0 Å². The van der Waals surface area contributed by atoms with E-state index in [0.29, 0.717) is 11.6 Å². The Labute approximate surface area is 127 Å². The lowest BCUT2D eigenvalue weighted by Crippen LogP contribution is -2.20. The molecule has 2 rings (SSSR count). The number of carbonyl (C=O) groups is 1. The molecule has 0 atom stereocenters. The van der Waals surface area contributed by atoms with E-state index < -0.39 is 0 Å². The lowest BCUT2D eigenvalue weighted by molar-refractivity contribution is -0.116. The van der Waals surface area contributed by atoms with Gasteiger partial charge in [-0.25, -0.2) is 0 Å². The van der Waals surface area contributed by atoms with Crippen LogP contribution in [-0.4, -0.2) is 12.5 Å². The zero-order valence-electron chi connectivity index (χ0n) is 10.6. The Balaban J connectivity index is 1.82. The number of thiophene rings is 1. The molecule has 100 valence electrons. The molecule has 20 heavy (non-hydrogen) atoms. The SMILES string of the molecule is O=C(/C=C/c1cccs1)NCC#Cc1ccccc1Cl. The largest absolute Gasteiger partial charge is 0.342 e. The van der Waals surface area contributed by atoms with Crippen molar-refractivity contribution in [1.29, 1.82) is 0 Å². The lowest BCUT2D eigenvalue weighted by Gasteiger charge is -1.95. The van der Waals surface area contributed by atoms with Gasteiger partial charge in [0, 0.05) is 16.5 Å². The van der Waals surface area contributed by atoms with Crippen LogP contribution in [0.3, 0.4) is 0 Å². The summed E-state index contributed by atoms with van der Waals surface area (Å²) in [6.07, 6.45) is 3.28. The summed E-state index contributed by atoms with van der Waals surface area (Å²) in [6, 6.07) is 11.2. The van der Waals surface area contributed by atoms with Gasteiger partial charge in [-0.1, -0.05) is 41.6 Å². The second-order valence-corrected chi connectivity index (χ2v) is 5.23. The van der Waals surface area contributed by atoms with Crippen LogP contribution in [0.1, 0.15) is 10.4 Å². The zero-order valence-corrected chi connectivity index (χ0v) is 12.2. The van der Waals surface area contributed by atoms with E-state index in [4.69, 9.17) is 11.6 Å². The normalized spacial score (nSPS) is 10.1. The summed E-state index contributed by atoms with van der Waals surface area (Å²) in [5.74, 6) is 5.63. The van der Waals surface area contributed by atoms with Gasteiger partial charge in [0.15, 0.2) is 0 Å². The van der Waals surface area contributed by atoms with E-state index in [1.165, 1.54) is 6.08 Å². The van der Waals surface area contributed by atoms with Crippen LogP contribution in [0, 0.1) is 11.8 Å². The number of benzene rings is 1. The van der Waals surface area contributed by atoms with Crippen LogP contribution < -0.4 is 5.32 Å². The smallest absolute Gasteiger partial charge is 0.244 e. The van der Waals surface area contributed by atoms with Crippen molar-refractivity contribution in [2.24, 2.45) is 0 Å². The number of hydrogen-bond acceptors (Lipinski definition) is 2. The van der Waals surface area contributed by atoms with Gasteiger partial charge in [0.25, 0.3) is 0 Å². The molecular weight excluding hydrogens is 290 g/mol. The summed E-state index contributed by atoms with van der Waals surface area (Å²) in [7, 11) is 0. The first-order valence-corrected chi connectivity index (χ1v) is 7.24. The molecule has 0 saturated carbocycles. The van der Waals surface area contributed by atoms with Gasteiger partial charge < -0.3 is 5.32 Å². The molecule has 0 fully saturated rings. The Bertz CT molecular complexity index is 665. The number of nitrogens with one attached hydrogen (secondary N) is 1. The second kappa shape index (κ2) is 7.54. The Morgan fingerprint density at radius 1 is 1.30 bits per heavy atom. The third-order valence-corrected chi connectivity index (χ3v) is 3.56. The fraction of sp³-hybridized carbons (Fsp3) is 0.0625. The zero-order chi connectivity index (χ0) is 14.2. The summed E-state index contributed by atoms with van der Waals surface area (Å²) < 4.78 is 0. The van der Waals surface area contributed by atoms with E-state index >= 15 is 0 Å². The fourth-order valence-electron chi connectivity index (χ4n) is 1.44. The van der Waals surface area contributed by atoms with E-state index in [1.807, 2.05) is 35.7 Å². The highest BCUT2D eigenvalue weighted by Crippen LogP contribution is 2.12. The highest BCUT2D eigenvalue weighted by atomic mass is 35.5. The van der Waals surface area contributed by atoms with Gasteiger partial charge in [-0.05, 0) is 29.7 Å². The third kappa shape index (κ3) is 4.58. The van der Waals surface area contributed by atoms with Crippen LogP contribution >= 0.6 is 22.9 Å². The molecule has 0 saturated heterocycles. The van der Waals surface area contributed by atoms with Crippen molar-refractivity contribution in [2.45, 2.75) is 0 Å². The van der Waals surface area contributed by atoms with Crippen molar-refractivity contribution in [2.75, 3.05) is 6.54 Å². The predicted octanol–water partition coefficient (Wildman–Crippen LogP) is 3.58. The van der Waals surface area contributed by atoms with Gasteiger partial charge in [-0.2, -0.15) is 0 Å². The van der Waals surface area contributed by atoms with E-state index in [9.17, 15) is 4.79 Å². The number of halogens is 1. The number of carbonyl (C=O) groups excluding carboxylic acids is 1. The van der Waals surface area contributed by atoms with Crippen molar-refractivity contribution < 1.29 is 4.79 Å². The maximum Gasteiger partial charge on any atom is 0.244 e. The molecule has 1 N–H and O–H groups in total. The van der Waals surface area contributed by atoms with Crippen LogP contribution in [0.25, 0.3) is 6.08 Å². The Morgan fingerprint density at radius 3 is 2.90 bits per heavy atom.